The molecular formula is C22H32FN4OP. The number of nitrogens with zero attached hydrogens (tertiary/aromatic N) is 2. The SMILES string of the molecule is CC.Cc1c(N2CCC3(CC3)C2)c(P)c2c(c1NN)c(=O)c(C)cn2C1CC1F. The summed E-state index contributed by atoms with van der Waals surface area (Å²) in [5, 5.41) is 1.55. The Bertz CT molecular complexity index is 1030. The Hall–Kier alpha value is -1.65. The molecule has 1 spiro atoms. The molecule has 29 heavy (non-hydrogen) atoms. The molecule has 5 nitrogen and oxygen atoms in total. The van der Waals surface area contributed by atoms with Gasteiger partial charge in [-0.25, -0.2) is 4.39 Å². The van der Waals surface area contributed by atoms with E-state index >= 15 is 0 Å². The maximum absolute atomic E-state index is 14.0. The van der Waals surface area contributed by atoms with Crippen molar-refractivity contribution in [3.8, 4) is 0 Å². The monoisotopic (exact) mass is 418 g/mol. The Kier molecular flexibility index (Phi) is 5.15. The zero-order valence-electron chi connectivity index (χ0n) is 17.8. The van der Waals surface area contributed by atoms with Crippen molar-refractivity contribution in [3.05, 3.63) is 27.5 Å². The number of nitrogens with one attached hydrogen (secondary N) is 1. The summed E-state index contributed by atoms with van der Waals surface area (Å²) < 4.78 is 15.9. The van der Waals surface area contributed by atoms with E-state index in [2.05, 4.69) is 19.6 Å². The summed E-state index contributed by atoms with van der Waals surface area (Å²) in [7, 11) is 2.84. The number of aromatic nitrogens is 1. The van der Waals surface area contributed by atoms with E-state index in [1.54, 1.807) is 6.92 Å². The molecule has 2 heterocycles. The van der Waals surface area contributed by atoms with Crippen LogP contribution < -0.4 is 26.9 Å². The average molecular weight is 418 g/mol. The number of hydrazine groups is 1. The number of aryl methyl sites for hydroxylation is 1. The minimum absolute atomic E-state index is 0.0382. The molecule has 3 N–H and O–H groups in total. The van der Waals surface area contributed by atoms with Gasteiger partial charge in [0.1, 0.15) is 6.17 Å². The number of pyridine rings is 1. The van der Waals surface area contributed by atoms with E-state index in [1.807, 2.05) is 31.5 Å². The standard InChI is InChI=1S/C20H26FN4OP.C2H6/c1-10-8-25(13-7-12(13)21)17-14(18(10)26)15(23-22)11(2)16(19(17)27)24-6-5-20(9-24)3-4-20;1-2/h8,12-13,23H,3-7,9,22,27H2,1-2H3;1-2H3. The van der Waals surface area contributed by atoms with E-state index in [4.69, 9.17) is 5.84 Å². The van der Waals surface area contributed by atoms with E-state index in [0.717, 1.165) is 35.2 Å². The molecule has 2 aromatic rings. The fourth-order valence-electron chi connectivity index (χ4n) is 4.89. The second kappa shape index (κ2) is 7.24. The second-order valence-corrected chi connectivity index (χ2v) is 9.25. The van der Waals surface area contributed by atoms with Crippen molar-refractivity contribution in [2.24, 2.45) is 11.3 Å². The molecule has 3 atom stereocenters. The van der Waals surface area contributed by atoms with Crippen LogP contribution in [0.4, 0.5) is 15.8 Å². The Balaban J connectivity index is 0.000000994. The first kappa shape index (κ1) is 20.6. The highest BCUT2D eigenvalue weighted by Gasteiger charge is 2.48. The first-order valence-corrected chi connectivity index (χ1v) is 11.3. The lowest BCUT2D eigenvalue weighted by molar-refractivity contribution is 0.444. The van der Waals surface area contributed by atoms with Gasteiger partial charge in [-0.15, -0.1) is 9.24 Å². The van der Waals surface area contributed by atoms with Crippen molar-refractivity contribution in [2.45, 2.75) is 65.6 Å². The summed E-state index contributed by atoms with van der Waals surface area (Å²) in [6.07, 6.45) is 5.30. The molecule has 0 bridgehead atoms. The lowest BCUT2D eigenvalue weighted by atomic mass is 10.0. The molecule has 3 aliphatic rings. The molecule has 1 aliphatic heterocycles. The molecule has 1 aromatic carbocycles. The van der Waals surface area contributed by atoms with Crippen molar-refractivity contribution in [3.63, 3.8) is 0 Å². The predicted octanol–water partition coefficient (Wildman–Crippen LogP) is 3.70. The number of fused-ring (bicyclic) bond motifs is 1. The van der Waals surface area contributed by atoms with Gasteiger partial charge in [-0.05, 0) is 44.1 Å². The van der Waals surface area contributed by atoms with Gasteiger partial charge in [0, 0.05) is 36.6 Å². The minimum atomic E-state index is -0.847. The molecule has 5 rings (SSSR count). The van der Waals surface area contributed by atoms with E-state index < -0.39 is 6.17 Å². The summed E-state index contributed by atoms with van der Waals surface area (Å²) in [4.78, 5) is 15.4. The quantitative estimate of drug-likeness (QED) is 0.453. The van der Waals surface area contributed by atoms with Crippen LogP contribution in [-0.2, 0) is 0 Å². The number of hydrogen-bond acceptors (Lipinski definition) is 4. The van der Waals surface area contributed by atoms with Crippen molar-refractivity contribution >= 4 is 36.8 Å². The van der Waals surface area contributed by atoms with Gasteiger partial charge >= 0.3 is 0 Å². The zero-order valence-corrected chi connectivity index (χ0v) is 19.0. The number of anilines is 2. The third-order valence-electron chi connectivity index (χ3n) is 6.80. The Morgan fingerprint density at radius 1 is 1.28 bits per heavy atom. The highest BCUT2D eigenvalue weighted by molar-refractivity contribution is 7.29. The van der Waals surface area contributed by atoms with Crippen LogP contribution >= 0.6 is 9.24 Å². The van der Waals surface area contributed by atoms with Crippen LogP contribution in [0.5, 0.6) is 0 Å². The van der Waals surface area contributed by atoms with Crippen molar-refractivity contribution in [1.82, 2.24) is 4.57 Å². The van der Waals surface area contributed by atoms with Gasteiger partial charge in [-0.2, -0.15) is 0 Å². The number of nitrogens with two attached hydrogens (primary N) is 1. The molecule has 158 valence electrons. The van der Waals surface area contributed by atoms with E-state index in [0.29, 0.717) is 28.5 Å². The molecule has 0 amide bonds. The smallest absolute Gasteiger partial charge is 0.194 e. The van der Waals surface area contributed by atoms with Gasteiger partial charge in [-0.3, -0.25) is 10.6 Å². The van der Waals surface area contributed by atoms with E-state index in [-0.39, 0.29) is 11.5 Å². The number of halogens is 1. The summed E-state index contributed by atoms with van der Waals surface area (Å²) in [6.45, 7) is 9.88. The molecule has 1 aromatic heterocycles. The molecule has 3 unspecified atom stereocenters. The summed E-state index contributed by atoms with van der Waals surface area (Å²) in [5.41, 5.74) is 7.44. The van der Waals surface area contributed by atoms with Crippen molar-refractivity contribution in [1.29, 1.82) is 0 Å². The maximum Gasteiger partial charge on any atom is 0.194 e. The van der Waals surface area contributed by atoms with Crippen molar-refractivity contribution < 1.29 is 4.39 Å². The number of hydrogen-bond donors (Lipinski definition) is 2. The fourth-order valence-corrected chi connectivity index (χ4v) is 5.58. The molecule has 2 saturated carbocycles. The Labute approximate surface area is 174 Å². The molecule has 2 aliphatic carbocycles. The predicted molar refractivity (Wildman–Crippen MR) is 123 cm³/mol. The van der Waals surface area contributed by atoms with Crippen LogP contribution in [0, 0.1) is 19.3 Å². The first-order valence-electron chi connectivity index (χ1n) is 10.7. The molecule has 0 radical (unpaired) electrons. The van der Waals surface area contributed by atoms with E-state index in [1.165, 1.54) is 19.3 Å². The van der Waals surface area contributed by atoms with Crippen LogP contribution in [0.2, 0.25) is 0 Å². The average Bonchev–Trinajstić information content (AvgIpc) is 3.59. The molecular weight excluding hydrogens is 386 g/mol. The van der Waals surface area contributed by atoms with Crippen LogP contribution in [0.3, 0.4) is 0 Å². The molecule has 7 heteroatoms. The van der Waals surface area contributed by atoms with Gasteiger partial charge < -0.3 is 14.9 Å². The van der Waals surface area contributed by atoms with Gasteiger partial charge in [-0.1, -0.05) is 13.8 Å². The molecule has 1 saturated heterocycles. The second-order valence-electron chi connectivity index (χ2n) is 8.67. The third kappa shape index (κ3) is 3.16. The van der Waals surface area contributed by atoms with Crippen LogP contribution in [0.25, 0.3) is 10.9 Å². The Morgan fingerprint density at radius 2 is 1.93 bits per heavy atom. The zero-order chi connectivity index (χ0) is 21.1. The number of nitrogen functional groups attached to an aromatic ring is 1. The fraction of sp³-hybridized carbons (Fsp3) is 0.591. The lowest BCUT2D eigenvalue weighted by Crippen LogP contribution is -2.29. The normalized spacial score (nSPS) is 23.9. The third-order valence-corrected chi connectivity index (χ3v) is 7.34. The topological polar surface area (TPSA) is 63.3 Å². The molecule has 3 fully saturated rings. The van der Waals surface area contributed by atoms with Gasteiger partial charge in [0.25, 0.3) is 0 Å². The number of benzene rings is 1. The summed E-state index contributed by atoms with van der Waals surface area (Å²) >= 11 is 0. The summed E-state index contributed by atoms with van der Waals surface area (Å²) in [6, 6.07) is -0.194. The number of alkyl halides is 1. The van der Waals surface area contributed by atoms with Gasteiger partial charge in [0.05, 0.1) is 28.3 Å². The number of rotatable bonds is 3. The van der Waals surface area contributed by atoms with Gasteiger partial charge in [0.15, 0.2) is 5.43 Å². The lowest BCUT2D eigenvalue weighted by Gasteiger charge is -2.28. The first-order chi connectivity index (χ1) is 13.9. The summed E-state index contributed by atoms with van der Waals surface area (Å²) in [5.74, 6) is 5.89. The van der Waals surface area contributed by atoms with E-state index in [9.17, 15) is 9.18 Å². The highest BCUT2D eigenvalue weighted by atomic mass is 31.0. The van der Waals surface area contributed by atoms with Crippen LogP contribution in [0.1, 0.15) is 56.7 Å². The largest absolute Gasteiger partial charge is 0.370 e. The minimum Gasteiger partial charge on any atom is -0.370 e. The van der Waals surface area contributed by atoms with Crippen molar-refractivity contribution in [2.75, 3.05) is 23.4 Å². The Morgan fingerprint density at radius 3 is 2.45 bits per heavy atom. The maximum atomic E-state index is 14.0. The highest BCUT2D eigenvalue weighted by Crippen LogP contribution is 2.54. The van der Waals surface area contributed by atoms with Crippen LogP contribution in [-0.4, -0.2) is 23.8 Å². The van der Waals surface area contributed by atoms with Crippen LogP contribution in [0.15, 0.2) is 11.0 Å². The van der Waals surface area contributed by atoms with Gasteiger partial charge in [0.2, 0.25) is 0 Å².